The van der Waals surface area contributed by atoms with Gasteiger partial charge in [0.15, 0.2) is 11.5 Å². The number of rotatable bonds is 8. The molecule has 53 heavy (non-hydrogen) atoms. The number of hydrogen-bond donors (Lipinski definition) is 1. The van der Waals surface area contributed by atoms with Gasteiger partial charge in [0, 0.05) is 53.6 Å². The zero-order chi connectivity index (χ0) is 37.3. The molecular formula is C38H33F3N8O4. The second-order valence-corrected chi connectivity index (χ2v) is 12.9. The molecule has 2 amide bonds. The maximum Gasteiger partial charge on any atom is 0.416 e. The van der Waals surface area contributed by atoms with Crippen LogP contribution in [0.5, 0.6) is 0 Å². The average molecular weight is 723 g/mol. The average Bonchev–Trinajstić information content (AvgIpc) is 3.82. The van der Waals surface area contributed by atoms with Crippen molar-refractivity contribution in [3.8, 4) is 16.9 Å². The van der Waals surface area contributed by atoms with Gasteiger partial charge in [0.2, 0.25) is 5.43 Å². The third-order valence-corrected chi connectivity index (χ3v) is 9.17. The van der Waals surface area contributed by atoms with E-state index in [0.717, 1.165) is 29.0 Å². The zero-order valence-corrected chi connectivity index (χ0v) is 28.7. The minimum absolute atomic E-state index is 0.0105. The van der Waals surface area contributed by atoms with E-state index in [1.54, 1.807) is 16.9 Å². The van der Waals surface area contributed by atoms with Crippen LogP contribution in [0.3, 0.4) is 0 Å². The molecule has 4 heterocycles. The van der Waals surface area contributed by atoms with Crippen LogP contribution in [0.2, 0.25) is 0 Å². The molecule has 270 valence electrons. The summed E-state index contributed by atoms with van der Waals surface area (Å²) in [6.07, 6.45) is -1.71. The number of benzene rings is 3. The van der Waals surface area contributed by atoms with Crippen molar-refractivity contribution in [1.82, 2.24) is 34.8 Å². The Morgan fingerprint density at radius 3 is 2.47 bits per heavy atom. The number of para-hydroxylation sites is 1. The van der Waals surface area contributed by atoms with E-state index in [1.807, 2.05) is 55.5 Å². The van der Waals surface area contributed by atoms with Crippen molar-refractivity contribution in [2.24, 2.45) is 0 Å². The first-order valence-electron chi connectivity index (χ1n) is 16.8. The lowest BCUT2D eigenvalue weighted by molar-refractivity contribution is -0.137. The first-order valence-corrected chi connectivity index (χ1v) is 16.8. The van der Waals surface area contributed by atoms with E-state index in [2.05, 4.69) is 25.9 Å². The van der Waals surface area contributed by atoms with Crippen LogP contribution in [-0.2, 0) is 12.7 Å². The highest BCUT2D eigenvalue weighted by molar-refractivity contribution is 6.06. The summed E-state index contributed by atoms with van der Waals surface area (Å²) >= 11 is 0. The van der Waals surface area contributed by atoms with E-state index in [4.69, 9.17) is 4.52 Å². The van der Waals surface area contributed by atoms with Crippen LogP contribution in [0.4, 0.5) is 18.9 Å². The predicted octanol–water partition coefficient (Wildman–Crippen LogP) is 6.44. The molecule has 7 rings (SSSR count). The molecular weight excluding hydrogens is 689 g/mol. The van der Waals surface area contributed by atoms with E-state index < -0.39 is 23.1 Å². The lowest BCUT2D eigenvalue weighted by atomic mass is 9.93. The smallest absolute Gasteiger partial charge is 0.359 e. The highest BCUT2D eigenvalue weighted by Crippen LogP contribution is 2.31. The molecule has 0 saturated carbocycles. The van der Waals surface area contributed by atoms with Gasteiger partial charge in [-0.2, -0.15) is 18.3 Å². The lowest BCUT2D eigenvalue weighted by Crippen LogP contribution is -2.41. The van der Waals surface area contributed by atoms with E-state index in [1.165, 1.54) is 34.7 Å². The Morgan fingerprint density at radius 2 is 1.72 bits per heavy atom. The van der Waals surface area contributed by atoms with Crippen molar-refractivity contribution >= 4 is 17.5 Å². The second kappa shape index (κ2) is 14.3. The van der Waals surface area contributed by atoms with Crippen molar-refractivity contribution in [2.75, 3.05) is 18.4 Å². The number of likely N-dealkylation sites (tertiary alicyclic amines) is 1. The van der Waals surface area contributed by atoms with E-state index in [0.29, 0.717) is 54.3 Å². The lowest BCUT2D eigenvalue weighted by Gasteiger charge is -2.30. The summed E-state index contributed by atoms with van der Waals surface area (Å²) in [7, 11) is 0. The van der Waals surface area contributed by atoms with Crippen LogP contribution >= 0.6 is 0 Å². The molecule has 1 N–H and O–H groups in total. The van der Waals surface area contributed by atoms with Gasteiger partial charge >= 0.3 is 6.18 Å². The molecule has 6 aromatic rings. The van der Waals surface area contributed by atoms with Crippen molar-refractivity contribution in [2.45, 2.75) is 45.3 Å². The normalized spacial score (nSPS) is 13.6. The van der Waals surface area contributed by atoms with Gasteiger partial charge in [0.05, 0.1) is 23.1 Å². The van der Waals surface area contributed by atoms with Crippen LogP contribution in [0, 0.1) is 13.8 Å². The Balaban J connectivity index is 0.982. The SMILES string of the molecule is Cc1ccc(-c2cn(Cc3cc(C4CCN(C(=O)c5nn(-c6cccc(C(F)(F)F)c6)c(C)cc5=O)CC4)no3)nn2)cc1C(=O)Nc1ccccc1. The Morgan fingerprint density at radius 1 is 0.943 bits per heavy atom. The Bertz CT molecular complexity index is 2360. The summed E-state index contributed by atoms with van der Waals surface area (Å²) in [5.74, 6) is -0.268. The number of hydrogen-bond acceptors (Lipinski definition) is 8. The van der Waals surface area contributed by atoms with Crippen molar-refractivity contribution in [3.63, 3.8) is 0 Å². The van der Waals surface area contributed by atoms with Crippen LogP contribution in [0.25, 0.3) is 16.9 Å². The molecule has 0 spiro atoms. The third-order valence-electron chi connectivity index (χ3n) is 9.17. The highest BCUT2D eigenvalue weighted by atomic mass is 19.4. The summed E-state index contributed by atoms with van der Waals surface area (Å²) in [6.45, 7) is 4.31. The Labute approximate surface area is 300 Å². The van der Waals surface area contributed by atoms with Crippen molar-refractivity contribution < 1.29 is 27.3 Å². The first kappa shape index (κ1) is 35.0. The van der Waals surface area contributed by atoms with Gasteiger partial charge in [-0.3, -0.25) is 14.4 Å². The number of aromatic nitrogens is 6. The number of nitrogens with one attached hydrogen (secondary N) is 1. The topological polar surface area (TPSA) is 141 Å². The van der Waals surface area contributed by atoms with Crippen LogP contribution < -0.4 is 10.7 Å². The zero-order valence-electron chi connectivity index (χ0n) is 28.7. The molecule has 0 unspecified atom stereocenters. The summed E-state index contributed by atoms with van der Waals surface area (Å²) in [4.78, 5) is 40.8. The fraction of sp³-hybridized carbons (Fsp3) is 0.237. The molecule has 1 aliphatic rings. The Kier molecular flexibility index (Phi) is 9.47. The fourth-order valence-corrected chi connectivity index (χ4v) is 6.31. The van der Waals surface area contributed by atoms with Gasteiger partial charge in [-0.15, -0.1) is 5.10 Å². The number of piperidine rings is 1. The summed E-state index contributed by atoms with van der Waals surface area (Å²) < 4.78 is 48.4. The molecule has 0 radical (unpaired) electrons. The number of halogens is 3. The van der Waals surface area contributed by atoms with Crippen molar-refractivity contribution in [3.05, 3.63) is 141 Å². The van der Waals surface area contributed by atoms with Gasteiger partial charge in [-0.1, -0.05) is 46.8 Å². The van der Waals surface area contributed by atoms with Crippen LogP contribution in [-0.4, -0.2) is 59.7 Å². The second-order valence-electron chi connectivity index (χ2n) is 12.9. The maximum atomic E-state index is 13.4. The molecule has 0 bridgehead atoms. The number of anilines is 1. The number of amides is 2. The van der Waals surface area contributed by atoms with Gasteiger partial charge in [0.25, 0.3) is 11.8 Å². The molecule has 3 aromatic carbocycles. The quantitative estimate of drug-likeness (QED) is 0.190. The van der Waals surface area contributed by atoms with Gasteiger partial charge < -0.3 is 14.7 Å². The number of carbonyl (C=O) groups excluding carboxylic acids is 2. The highest BCUT2D eigenvalue weighted by Gasteiger charge is 2.32. The molecule has 3 aromatic heterocycles. The molecule has 1 saturated heterocycles. The molecule has 0 atom stereocenters. The number of nitrogens with zero attached hydrogens (tertiary/aromatic N) is 7. The predicted molar refractivity (Wildman–Crippen MR) is 188 cm³/mol. The van der Waals surface area contributed by atoms with Crippen LogP contribution in [0.1, 0.15) is 67.9 Å². The molecule has 0 aliphatic carbocycles. The van der Waals surface area contributed by atoms with Gasteiger partial charge in [-0.05, 0) is 68.7 Å². The number of alkyl halides is 3. The Hall–Kier alpha value is -6.38. The number of aryl methyl sites for hydroxylation is 2. The minimum Gasteiger partial charge on any atom is -0.359 e. The summed E-state index contributed by atoms with van der Waals surface area (Å²) in [5.41, 5.74) is 2.63. The third kappa shape index (κ3) is 7.64. The van der Waals surface area contributed by atoms with E-state index in [-0.39, 0.29) is 29.8 Å². The summed E-state index contributed by atoms with van der Waals surface area (Å²) in [6, 6.07) is 22.3. The van der Waals surface area contributed by atoms with Crippen molar-refractivity contribution in [1.29, 1.82) is 0 Å². The minimum atomic E-state index is -4.56. The van der Waals surface area contributed by atoms with E-state index in [9.17, 15) is 27.6 Å². The van der Waals surface area contributed by atoms with E-state index >= 15 is 0 Å². The van der Waals surface area contributed by atoms with Crippen LogP contribution in [0.15, 0.2) is 100 Å². The molecule has 12 nitrogen and oxygen atoms in total. The standard InChI is InChI=1S/C38H33F3N8O4/c1-23-11-12-26(18-31(23)36(51)42-28-8-4-3-5-9-28)33-22-48(46-43-33)21-30-20-32(45-53-30)25-13-15-47(16-14-25)37(52)35-34(50)17-24(2)49(44-35)29-10-6-7-27(19-29)38(39,40)41/h3-12,17-20,22,25H,13-16,21H2,1-2H3,(H,42,51). The van der Waals surface area contributed by atoms with Gasteiger partial charge in [-0.25, -0.2) is 9.36 Å². The monoisotopic (exact) mass is 722 g/mol. The summed E-state index contributed by atoms with van der Waals surface area (Å²) in [5, 5.41) is 19.9. The maximum absolute atomic E-state index is 13.4. The number of carbonyl (C=O) groups is 2. The van der Waals surface area contributed by atoms with Gasteiger partial charge in [0.1, 0.15) is 12.2 Å². The molecule has 15 heteroatoms. The largest absolute Gasteiger partial charge is 0.416 e. The first-order chi connectivity index (χ1) is 25.4. The fourth-order valence-electron chi connectivity index (χ4n) is 6.31. The molecule has 1 fully saturated rings. The molecule has 1 aliphatic heterocycles.